The van der Waals surface area contributed by atoms with E-state index in [2.05, 4.69) is 12.2 Å². The summed E-state index contributed by atoms with van der Waals surface area (Å²) in [5.41, 5.74) is 1.88. The second kappa shape index (κ2) is 5.54. The van der Waals surface area contributed by atoms with E-state index in [9.17, 15) is 9.50 Å². The monoisotopic (exact) mass is 245 g/mol. The van der Waals surface area contributed by atoms with Crippen molar-refractivity contribution in [2.75, 3.05) is 5.32 Å². The van der Waals surface area contributed by atoms with Crippen molar-refractivity contribution in [1.29, 1.82) is 0 Å². The third-order valence-corrected chi connectivity index (χ3v) is 2.87. The van der Waals surface area contributed by atoms with Crippen molar-refractivity contribution in [1.82, 2.24) is 0 Å². The minimum absolute atomic E-state index is 0.104. The number of halogens is 1. The van der Waals surface area contributed by atoms with E-state index in [1.165, 1.54) is 12.1 Å². The van der Waals surface area contributed by atoms with Crippen molar-refractivity contribution in [3.8, 4) is 5.75 Å². The van der Waals surface area contributed by atoms with E-state index in [1.54, 1.807) is 30.3 Å². The molecule has 3 heteroatoms. The van der Waals surface area contributed by atoms with Gasteiger partial charge in [-0.05, 0) is 36.2 Å². The van der Waals surface area contributed by atoms with Gasteiger partial charge in [0.25, 0.3) is 0 Å². The van der Waals surface area contributed by atoms with E-state index in [-0.39, 0.29) is 17.6 Å². The minimum atomic E-state index is -0.231. The molecular formula is C15H16FNO. The molecule has 0 aromatic heterocycles. The molecule has 0 aliphatic heterocycles. The highest BCUT2D eigenvalue weighted by Gasteiger charge is 2.09. The first-order chi connectivity index (χ1) is 8.69. The lowest BCUT2D eigenvalue weighted by Gasteiger charge is -2.19. The number of nitrogens with one attached hydrogen (secondary N) is 1. The van der Waals surface area contributed by atoms with Crippen LogP contribution in [-0.2, 0) is 0 Å². The Morgan fingerprint density at radius 2 is 1.89 bits per heavy atom. The predicted octanol–water partition coefficient (Wildman–Crippen LogP) is 4.09. The Hall–Kier alpha value is -2.03. The van der Waals surface area contributed by atoms with Crippen LogP contribution in [0.3, 0.4) is 0 Å². The van der Waals surface area contributed by atoms with Crippen LogP contribution in [0.5, 0.6) is 5.75 Å². The van der Waals surface area contributed by atoms with Gasteiger partial charge in [0.15, 0.2) is 0 Å². The number of phenolic OH excluding ortho intramolecular Hbond substituents is 1. The quantitative estimate of drug-likeness (QED) is 0.850. The Morgan fingerprint density at radius 3 is 2.50 bits per heavy atom. The zero-order valence-electron chi connectivity index (χ0n) is 10.2. The molecule has 2 N–H and O–H groups in total. The Bertz CT molecular complexity index is 510. The highest BCUT2D eigenvalue weighted by atomic mass is 19.1. The minimum Gasteiger partial charge on any atom is -0.508 e. The molecule has 2 nitrogen and oxygen atoms in total. The molecule has 0 heterocycles. The zero-order chi connectivity index (χ0) is 13.0. The van der Waals surface area contributed by atoms with Gasteiger partial charge in [-0.3, -0.25) is 0 Å². The van der Waals surface area contributed by atoms with Gasteiger partial charge in [0.2, 0.25) is 0 Å². The second-order valence-corrected chi connectivity index (χ2v) is 4.21. The largest absolute Gasteiger partial charge is 0.508 e. The van der Waals surface area contributed by atoms with Crippen LogP contribution < -0.4 is 5.32 Å². The van der Waals surface area contributed by atoms with E-state index in [1.807, 2.05) is 6.07 Å². The normalized spacial score (nSPS) is 12.1. The number of anilines is 1. The topological polar surface area (TPSA) is 32.3 Å². The number of hydrogen-bond acceptors (Lipinski definition) is 2. The predicted molar refractivity (Wildman–Crippen MR) is 71.2 cm³/mol. The fourth-order valence-electron chi connectivity index (χ4n) is 1.91. The van der Waals surface area contributed by atoms with E-state index in [0.717, 1.165) is 17.7 Å². The molecule has 0 fully saturated rings. The molecule has 2 rings (SSSR count). The summed E-state index contributed by atoms with van der Waals surface area (Å²) in [6.45, 7) is 2.06. The van der Waals surface area contributed by atoms with Gasteiger partial charge in [0.05, 0.1) is 6.04 Å². The maximum atomic E-state index is 12.9. The van der Waals surface area contributed by atoms with E-state index >= 15 is 0 Å². The van der Waals surface area contributed by atoms with Gasteiger partial charge in [-0.15, -0.1) is 0 Å². The first-order valence-corrected chi connectivity index (χ1v) is 6.00. The van der Waals surface area contributed by atoms with Crippen molar-refractivity contribution < 1.29 is 9.50 Å². The molecule has 18 heavy (non-hydrogen) atoms. The highest BCUT2D eigenvalue weighted by molar-refractivity contribution is 5.49. The van der Waals surface area contributed by atoms with Gasteiger partial charge in [-0.25, -0.2) is 4.39 Å². The maximum Gasteiger partial charge on any atom is 0.123 e. The third-order valence-electron chi connectivity index (χ3n) is 2.87. The summed E-state index contributed by atoms with van der Waals surface area (Å²) in [7, 11) is 0. The van der Waals surface area contributed by atoms with Gasteiger partial charge in [-0.2, -0.15) is 0 Å². The molecule has 0 saturated heterocycles. The van der Waals surface area contributed by atoms with Crippen LogP contribution in [0.4, 0.5) is 10.1 Å². The molecule has 2 aromatic rings. The van der Waals surface area contributed by atoms with Crippen LogP contribution in [0.1, 0.15) is 24.9 Å². The first kappa shape index (κ1) is 12.4. The van der Waals surface area contributed by atoms with Gasteiger partial charge in [-0.1, -0.05) is 25.1 Å². The van der Waals surface area contributed by atoms with Crippen LogP contribution in [0.15, 0.2) is 48.5 Å². The standard InChI is InChI=1S/C15H16FNO/c1-2-15(11-6-8-12(16)9-7-11)17-13-4-3-5-14(18)10-13/h3-10,15,17-18H,2H2,1H3. The smallest absolute Gasteiger partial charge is 0.123 e. The lowest BCUT2D eigenvalue weighted by atomic mass is 10.0. The summed E-state index contributed by atoms with van der Waals surface area (Å²) in [4.78, 5) is 0. The number of aromatic hydroxyl groups is 1. The number of benzene rings is 2. The van der Waals surface area contributed by atoms with Crippen molar-refractivity contribution >= 4 is 5.69 Å². The van der Waals surface area contributed by atoms with E-state index in [4.69, 9.17) is 0 Å². The van der Waals surface area contributed by atoms with Crippen LogP contribution in [0, 0.1) is 5.82 Å². The number of phenols is 1. The summed E-state index contributed by atoms with van der Waals surface area (Å²) in [5, 5.41) is 12.7. The average molecular weight is 245 g/mol. The molecule has 0 radical (unpaired) electrons. The number of rotatable bonds is 4. The highest BCUT2D eigenvalue weighted by Crippen LogP contribution is 2.24. The van der Waals surface area contributed by atoms with Crippen LogP contribution >= 0.6 is 0 Å². The molecule has 2 aromatic carbocycles. The Morgan fingerprint density at radius 1 is 1.17 bits per heavy atom. The van der Waals surface area contributed by atoms with Gasteiger partial charge >= 0.3 is 0 Å². The Kier molecular flexibility index (Phi) is 3.82. The van der Waals surface area contributed by atoms with Gasteiger partial charge in [0.1, 0.15) is 11.6 Å². The molecule has 0 aliphatic rings. The summed E-state index contributed by atoms with van der Waals surface area (Å²) in [5.74, 6) is -0.0000761. The molecular weight excluding hydrogens is 229 g/mol. The van der Waals surface area contributed by atoms with Crippen LogP contribution in [-0.4, -0.2) is 5.11 Å². The first-order valence-electron chi connectivity index (χ1n) is 6.00. The molecule has 0 bridgehead atoms. The van der Waals surface area contributed by atoms with E-state index < -0.39 is 0 Å². The fourth-order valence-corrected chi connectivity index (χ4v) is 1.91. The van der Waals surface area contributed by atoms with Crippen LogP contribution in [0.25, 0.3) is 0 Å². The fraction of sp³-hybridized carbons (Fsp3) is 0.200. The van der Waals surface area contributed by atoms with Crippen molar-refractivity contribution in [3.63, 3.8) is 0 Å². The molecule has 1 atom stereocenters. The van der Waals surface area contributed by atoms with Crippen molar-refractivity contribution in [2.45, 2.75) is 19.4 Å². The van der Waals surface area contributed by atoms with Gasteiger partial charge in [0, 0.05) is 11.8 Å². The SMILES string of the molecule is CCC(Nc1cccc(O)c1)c1ccc(F)cc1. The Labute approximate surface area is 106 Å². The zero-order valence-corrected chi connectivity index (χ0v) is 10.2. The molecule has 0 aliphatic carbocycles. The molecule has 0 spiro atoms. The lowest BCUT2D eigenvalue weighted by Crippen LogP contribution is -2.09. The second-order valence-electron chi connectivity index (χ2n) is 4.21. The summed E-state index contributed by atoms with van der Waals surface area (Å²) in [6.07, 6.45) is 0.876. The molecule has 1 unspecified atom stereocenters. The lowest BCUT2D eigenvalue weighted by molar-refractivity contribution is 0.475. The summed E-state index contributed by atoms with van der Waals surface area (Å²) in [6, 6.07) is 13.6. The summed E-state index contributed by atoms with van der Waals surface area (Å²) < 4.78 is 12.9. The maximum absolute atomic E-state index is 12.9. The third kappa shape index (κ3) is 3.00. The van der Waals surface area contributed by atoms with E-state index in [0.29, 0.717) is 0 Å². The molecule has 94 valence electrons. The van der Waals surface area contributed by atoms with Gasteiger partial charge < -0.3 is 10.4 Å². The van der Waals surface area contributed by atoms with Crippen molar-refractivity contribution in [3.05, 3.63) is 59.9 Å². The molecule has 0 saturated carbocycles. The molecule has 0 amide bonds. The van der Waals surface area contributed by atoms with Crippen molar-refractivity contribution in [2.24, 2.45) is 0 Å². The van der Waals surface area contributed by atoms with Crippen LogP contribution in [0.2, 0.25) is 0 Å². The Balaban J connectivity index is 2.17. The average Bonchev–Trinajstić information content (AvgIpc) is 2.37. The number of hydrogen-bond donors (Lipinski definition) is 2. The summed E-state index contributed by atoms with van der Waals surface area (Å²) >= 11 is 0.